The van der Waals surface area contributed by atoms with Gasteiger partial charge in [-0.15, -0.1) is 0 Å². The zero-order chi connectivity index (χ0) is 24.0. The van der Waals surface area contributed by atoms with E-state index in [9.17, 15) is 18.0 Å². The Hall–Kier alpha value is -3.44. The Balaban J connectivity index is 0.000000383. The van der Waals surface area contributed by atoms with Crippen molar-refractivity contribution in [2.24, 2.45) is 0 Å². The van der Waals surface area contributed by atoms with Crippen molar-refractivity contribution >= 4 is 23.0 Å². The van der Waals surface area contributed by atoms with Gasteiger partial charge in [0.25, 0.3) is 5.91 Å². The minimum Gasteiger partial charge on any atom is -0.475 e. The molecule has 0 bridgehead atoms. The van der Waals surface area contributed by atoms with E-state index in [1.165, 1.54) is 37.9 Å². The van der Waals surface area contributed by atoms with E-state index >= 15 is 0 Å². The van der Waals surface area contributed by atoms with Gasteiger partial charge >= 0.3 is 12.1 Å². The molecule has 33 heavy (non-hydrogen) atoms. The van der Waals surface area contributed by atoms with Gasteiger partial charge < -0.3 is 9.52 Å². The predicted molar refractivity (Wildman–Crippen MR) is 112 cm³/mol. The molecule has 0 radical (unpaired) electrons. The Morgan fingerprint density at radius 1 is 1.06 bits per heavy atom. The maximum absolute atomic E-state index is 11.5. The summed E-state index contributed by atoms with van der Waals surface area (Å²) in [6.45, 7) is 3.33. The lowest BCUT2D eigenvalue weighted by Gasteiger charge is -2.26. The molecule has 0 aliphatic carbocycles. The van der Waals surface area contributed by atoms with Gasteiger partial charge in [0.1, 0.15) is 5.52 Å². The van der Waals surface area contributed by atoms with Crippen LogP contribution in [0.1, 0.15) is 35.2 Å². The molecule has 1 aliphatic heterocycles. The number of rotatable bonds is 4. The van der Waals surface area contributed by atoms with Crippen LogP contribution in [0.2, 0.25) is 0 Å². The van der Waals surface area contributed by atoms with Crippen molar-refractivity contribution in [1.82, 2.24) is 15.4 Å². The molecule has 1 aromatic heterocycles. The quantitative estimate of drug-likeness (QED) is 0.390. The molecule has 4 rings (SSSR count). The van der Waals surface area contributed by atoms with Gasteiger partial charge in [-0.1, -0.05) is 18.6 Å². The second-order valence-electron chi connectivity index (χ2n) is 7.48. The standard InChI is InChI=1S/C20H21N3O3.C2HF3O2/c24-19(22-25)16-8-9-18-17(12-16)21-20(26-18)15-6-4-14(5-7-15)13-23-10-2-1-3-11-23;3-2(4,5)1(6)7/h4-9,12,25H,1-3,10-11,13H2,(H,22,24);(H,6,7). The van der Waals surface area contributed by atoms with E-state index in [1.54, 1.807) is 23.7 Å². The molecule has 3 N–H and O–H groups in total. The number of hydrogen-bond acceptors (Lipinski definition) is 6. The molecule has 1 fully saturated rings. The summed E-state index contributed by atoms with van der Waals surface area (Å²) in [6, 6.07) is 13.1. The van der Waals surface area contributed by atoms with Gasteiger partial charge in [0, 0.05) is 17.7 Å². The Bertz CT molecular complexity index is 1110. The molecule has 1 saturated heterocycles. The van der Waals surface area contributed by atoms with Crippen LogP contribution in [0.5, 0.6) is 0 Å². The fourth-order valence-corrected chi connectivity index (χ4v) is 3.39. The number of carboxylic acid groups (broad SMARTS) is 1. The number of amides is 1. The topological polar surface area (TPSA) is 116 Å². The van der Waals surface area contributed by atoms with Crippen LogP contribution in [0.3, 0.4) is 0 Å². The van der Waals surface area contributed by atoms with Crippen molar-refractivity contribution in [3.05, 3.63) is 53.6 Å². The summed E-state index contributed by atoms with van der Waals surface area (Å²) >= 11 is 0. The summed E-state index contributed by atoms with van der Waals surface area (Å²) < 4.78 is 37.5. The molecule has 0 spiro atoms. The van der Waals surface area contributed by atoms with Crippen LogP contribution in [-0.4, -0.2) is 51.3 Å². The molecular weight excluding hydrogens is 443 g/mol. The number of alkyl halides is 3. The van der Waals surface area contributed by atoms with Gasteiger partial charge in [-0.25, -0.2) is 15.3 Å². The highest BCUT2D eigenvalue weighted by atomic mass is 19.4. The molecule has 11 heteroatoms. The Kier molecular flexibility index (Phi) is 7.67. The van der Waals surface area contributed by atoms with Crippen LogP contribution in [-0.2, 0) is 11.3 Å². The smallest absolute Gasteiger partial charge is 0.475 e. The highest BCUT2D eigenvalue weighted by molar-refractivity contribution is 5.96. The number of benzene rings is 2. The molecule has 0 unspecified atom stereocenters. The molecule has 2 heterocycles. The van der Waals surface area contributed by atoms with E-state index in [2.05, 4.69) is 22.0 Å². The number of fused-ring (bicyclic) bond motifs is 1. The number of nitrogens with zero attached hydrogens (tertiary/aromatic N) is 2. The zero-order valence-electron chi connectivity index (χ0n) is 17.4. The first kappa shape index (κ1) is 24.2. The number of hydroxylamine groups is 1. The van der Waals surface area contributed by atoms with Gasteiger partial charge in [0.15, 0.2) is 5.58 Å². The van der Waals surface area contributed by atoms with E-state index in [4.69, 9.17) is 19.5 Å². The average Bonchev–Trinajstić information content (AvgIpc) is 3.23. The summed E-state index contributed by atoms with van der Waals surface area (Å²) in [5.74, 6) is -2.81. The Labute approximate surface area is 186 Å². The molecule has 8 nitrogen and oxygen atoms in total. The first-order valence-corrected chi connectivity index (χ1v) is 10.1. The number of aliphatic carboxylic acids is 1. The number of halogens is 3. The third kappa shape index (κ3) is 6.53. The molecule has 0 saturated carbocycles. The number of carboxylic acids is 1. The van der Waals surface area contributed by atoms with Crippen molar-refractivity contribution in [1.29, 1.82) is 0 Å². The fourth-order valence-electron chi connectivity index (χ4n) is 3.39. The number of carbonyl (C=O) groups is 2. The van der Waals surface area contributed by atoms with Gasteiger partial charge in [0.2, 0.25) is 5.89 Å². The largest absolute Gasteiger partial charge is 0.490 e. The van der Waals surface area contributed by atoms with Gasteiger partial charge in [-0.05, 0) is 61.8 Å². The fraction of sp³-hybridized carbons (Fsp3) is 0.318. The third-order valence-electron chi connectivity index (χ3n) is 5.05. The van der Waals surface area contributed by atoms with E-state index in [0.717, 1.165) is 12.1 Å². The molecule has 0 atom stereocenters. The first-order valence-electron chi connectivity index (χ1n) is 10.1. The summed E-state index contributed by atoms with van der Waals surface area (Å²) in [4.78, 5) is 27.4. The van der Waals surface area contributed by atoms with Gasteiger partial charge in [-0.3, -0.25) is 14.9 Å². The Morgan fingerprint density at radius 3 is 2.27 bits per heavy atom. The van der Waals surface area contributed by atoms with Crippen molar-refractivity contribution in [2.45, 2.75) is 32.0 Å². The number of oxazole rings is 1. The highest BCUT2D eigenvalue weighted by Crippen LogP contribution is 2.26. The van der Waals surface area contributed by atoms with E-state index in [0.29, 0.717) is 22.6 Å². The first-order chi connectivity index (χ1) is 15.7. The number of piperidine rings is 1. The predicted octanol–water partition coefficient (Wildman–Crippen LogP) is 4.23. The SMILES string of the molecule is O=C(NO)c1ccc2oc(-c3ccc(CN4CCCCC4)cc3)nc2c1.O=C(O)C(F)(F)F. The van der Waals surface area contributed by atoms with Crippen LogP contribution in [0.15, 0.2) is 46.9 Å². The molecule has 3 aromatic rings. The van der Waals surface area contributed by atoms with E-state index in [1.807, 2.05) is 12.1 Å². The maximum atomic E-state index is 11.5. The summed E-state index contributed by atoms with van der Waals surface area (Å²) in [7, 11) is 0. The highest BCUT2D eigenvalue weighted by Gasteiger charge is 2.38. The lowest BCUT2D eigenvalue weighted by molar-refractivity contribution is -0.192. The molecule has 2 aromatic carbocycles. The van der Waals surface area contributed by atoms with E-state index in [-0.39, 0.29) is 0 Å². The maximum Gasteiger partial charge on any atom is 0.490 e. The summed E-state index contributed by atoms with van der Waals surface area (Å²) in [5.41, 5.74) is 5.32. The minimum atomic E-state index is -5.08. The Morgan fingerprint density at radius 2 is 1.70 bits per heavy atom. The average molecular weight is 465 g/mol. The van der Waals surface area contributed by atoms with Gasteiger partial charge in [-0.2, -0.15) is 13.2 Å². The molecule has 1 amide bonds. The van der Waals surface area contributed by atoms with Crippen molar-refractivity contribution in [2.75, 3.05) is 13.1 Å². The number of carbonyl (C=O) groups excluding carboxylic acids is 1. The van der Waals surface area contributed by atoms with Crippen LogP contribution in [0.4, 0.5) is 13.2 Å². The van der Waals surface area contributed by atoms with Crippen LogP contribution in [0.25, 0.3) is 22.6 Å². The second-order valence-corrected chi connectivity index (χ2v) is 7.48. The molecular formula is C22H22F3N3O5. The van der Waals surface area contributed by atoms with Crippen LogP contribution in [0, 0.1) is 0 Å². The normalized spacial score (nSPS) is 14.4. The van der Waals surface area contributed by atoms with Crippen molar-refractivity contribution < 1.29 is 37.5 Å². The number of aromatic nitrogens is 1. The lowest BCUT2D eigenvalue weighted by atomic mass is 10.1. The summed E-state index contributed by atoms with van der Waals surface area (Å²) in [6.07, 6.45) is -1.16. The minimum absolute atomic E-state index is 0.330. The number of likely N-dealkylation sites (tertiary alicyclic amines) is 1. The van der Waals surface area contributed by atoms with E-state index < -0.39 is 18.1 Å². The van der Waals surface area contributed by atoms with Crippen LogP contribution < -0.4 is 5.48 Å². The van der Waals surface area contributed by atoms with Gasteiger partial charge in [0.05, 0.1) is 0 Å². The second kappa shape index (κ2) is 10.5. The zero-order valence-corrected chi connectivity index (χ0v) is 17.4. The third-order valence-corrected chi connectivity index (χ3v) is 5.05. The lowest BCUT2D eigenvalue weighted by Crippen LogP contribution is -2.28. The summed E-state index contributed by atoms with van der Waals surface area (Å²) in [5, 5.41) is 15.9. The van der Waals surface area contributed by atoms with Crippen molar-refractivity contribution in [3.8, 4) is 11.5 Å². The number of hydrogen-bond donors (Lipinski definition) is 3. The number of nitrogens with one attached hydrogen (secondary N) is 1. The molecule has 1 aliphatic rings. The monoisotopic (exact) mass is 465 g/mol. The molecule has 176 valence electrons. The van der Waals surface area contributed by atoms with Crippen LogP contribution >= 0.6 is 0 Å². The van der Waals surface area contributed by atoms with Crippen molar-refractivity contribution in [3.63, 3.8) is 0 Å².